The van der Waals surface area contributed by atoms with E-state index in [0.29, 0.717) is 19.6 Å². The third kappa shape index (κ3) is 5.37. The molecule has 1 aliphatic heterocycles. The van der Waals surface area contributed by atoms with Crippen LogP contribution in [0.5, 0.6) is 0 Å². The highest BCUT2D eigenvalue weighted by molar-refractivity contribution is 5.90. The Bertz CT molecular complexity index is 555. The summed E-state index contributed by atoms with van der Waals surface area (Å²) in [5.41, 5.74) is 6.08. The summed E-state index contributed by atoms with van der Waals surface area (Å²) in [7, 11) is 0. The first-order valence-electron chi connectivity index (χ1n) is 7.43. The highest BCUT2D eigenvalue weighted by Gasteiger charge is 2.28. The Kier molecular flexibility index (Phi) is 6.10. The zero-order valence-corrected chi connectivity index (χ0v) is 12.7. The first kappa shape index (κ1) is 17.0. The Hall–Kier alpha value is -2.41. The molecule has 23 heavy (non-hydrogen) atoms. The first-order chi connectivity index (χ1) is 11.1. The number of primary amides is 1. The summed E-state index contributed by atoms with van der Waals surface area (Å²) in [5, 5.41) is 2.49. The van der Waals surface area contributed by atoms with Crippen molar-refractivity contribution < 1.29 is 23.9 Å². The molecule has 7 nitrogen and oxygen atoms in total. The number of nitrogens with two attached hydrogens (primary N) is 1. The third-order valence-electron chi connectivity index (χ3n) is 3.57. The quantitative estimate of drug-likeness (QED) is 0.694. The lowest BCUT2D eigenvalue weighted by atomic mass is 10.1. The van der Waals surface area contributed by atoms with Crippen molar-refractivity contribution in [2.45, 2.75) is 25.5 Å². The second-order valence-corrected chi connectivity index (χ2v) is 5.37. The van der Waals surface area contributed by atoms with Crippen LogP contribution in [-0.2, 0) is 30.5 Å². The minimum Gasteiger partial charge on any atom is -0.461 e. The summed E-state index contributed by atoms with van der Waals surface area (Å²) in [5.74, 6) is -2.01. The van der Waals surface area contributed by atoms with E-state index < -0.39 is 17.9 Å². The number of rotatable bonds is 7. The van der Waals surface area contributed by atoms with Gasteiger partial charge in [0, 0.05) is 6.61 Å². The van der Waals surface area contributed by atoms with Crippen LogP contribution in [0.2, 0.25) is 0 Å². The molecule has 3 N–H and O–H groups in total. The maximum atomic E-state index is 12.0. The van der Waals surface area contributed by atoms with E-state index in [-0.39, 0.29) is 24.9 Å². The van der Waals surface area contributed by atoms with E-state index >= 15 is 0 Å². The van der Waals surface area contributed by atoms with Crippen LogP contribution in [0, 0.1) is 5.92 Å². The number of hydrogen-bond acceptors (Lipinski definition) is 5. The molecule has 1 aromatic carbocycles. The highest BCUT2D eigenvalue weighted by Crippen LogP contribution is 2.13. The molecule has 1 aliphatic rings. The van der Waals surface area contributed by atoms with Gasteiger partial charge in [-0.1, -0.05) is 30.3 Å². The molecule has 0 radical (unpaired) electrons. The van der Waals surface area contributed by atoms with Gasteiger partial charge in [-0.15, -0.1) is 0 Å². The zero-order valence-electron chi connectivity index (χ0n) is 12.7. The molecule has 1 aromatic rings. The summed E-state index contributed by atoms with van der Waals surface area (Å²) >= 11 is 0. The van der Waals surface area contributed by atoms with Crippen molar-refractivity contribution >= 4 is 17.8 Å². The Balaban J connectivity index is 1.82. The number of nitrogens with one attached hydrogen (secondary N) is 1. The summed E-state index contributed by atoms with van der Waals surface area (Å²) < 4.78 is 10.2. The fourth-order valence-corrected chi connectivity index (χ4v) is 2.22. The zero-order chi connectivity index (χ0) is 16.7. The van der Waals surface area contributed by atoms with Crippen molar-refractivity contribution in [1.82, 2.24) is 5.32 Å². The van der Waals surface area contributed by atoms with Gasteiger partial charge < -0.3 is 20.5 Å². The van der Waals surface area contributed by atoms with Gasteiger partial charge >= 0.3 is 5.97 Å². The third-order valence-corrected chi connectivity index (χ3v) is 3.57. The van der Waals surface area contributed by atoms with E-state index in [2.05, 4.69) is 5.32 Å². The van der Waals surface area contributed by atoms with Crippen molar-refractivity contribution in [2.75, 3.05) is 13.2 Å². The molecule has 0 aromatic heterocycles. The van der Waals surface area contributed by atoms with Crippen LogP contribution >= 0.6 is 0 Å². The minimum absolute atomic E-state index is 0.107. The van der Waals surface area contributed by atoms with Gasteiger partial charge in [-0.25, -0.2) is 0 Å². The molecule has 2 atom stereocenters. The van der Waals surface area contributed by atoms with Crippen molar-refractivity contribution in [3.63, 3.8) is 0 Å². The van der Waals surface area contributed by atoms with Crippen LogP contribution in [-0.4, -0.2) is 37.0 Å². The fraction of sp³-hybridized carbons (Fsp3) is 0.438. The molecule has 124 valence electrons. The topological polar surface area (TPSA) is 108 Å². The second kappa shape index (κ2) is 8.28. The smallest absolute Gasteiger partial charge is 0.308 e. The molecule has 0 saturated carbocycles. The Labute approximate surface area is 134 Å². The molecule has 0 spiro atoms. The first-order valence-corrected chi connectivity index (χ1v) is 7.43. The Morgan fingerprint density at radius 2 is 2.04 bits per heavy atom. The van der Waals surface area contributed by atoms with Gasteiger partial charge in [0.15, 0.2) is 0 Å². The number of hydrogen-bond donors (Lipinski definition) is 2. The molecule has 0 unspecified atom stereocenters. The molecule has 0 bridgehead atoms. The van der Waals surface area contributed by atoms with Crippen LogP contribution < -0.4 is 11.1 Å². The van der Waals surface area contributed by atoms with Gasteiger partial charge in [0.05, 0.1) is 18.9 Å². The highest BCUT2D eigenvalue weighted by atomic mass is 16.5. The SMILES string of the molecule is NC(=O)[C@H](CC(=O)OCc1ccccc1)NC(=O)[C@H]1CCOC1. The van der Waals surface area contributed by atoms with E-state index in [9.17, 15) is 14.4 Å². The van der Waals surface area contributed by atoms with Gasteiger partial charge in [-0.3, -0.25) is 14.4 Å². The average Bonchev–Trinajstić information content (AvgIpc) is 3.07. The van der Waals surface area contributed by atoms with Gasteiger partial charge in [0.25, 0.3) is 0 Å². The van der Waals surface area contributed by atoms with Crippen molar-refractivity contribution in [3.05, 3.63) is 35.9 Å². The van der Waals surface area contributed by atoms with Gasteiger partial charge in [-0.2, -0.15) is 0 Å². The molecular formula is C16H20N2O5. The summed E-state index contributed by atoms with van der Waals surface area (Å²) in [6, 6.07) is 8.09. The van der Waals surface area contributed by atoms with E-state index in [1.165, 1.54) is 0 Å². The van der Waals surface area contributed by atoms with Gasteiger partial charge in [0.1, 0.15) is 12.6 Å². The Morgan fingerprint density at radius 3 is 2.65 bits per heavy atom. The standard InChI is InChI=1S/C16H20N2O5/c17-15(20)13(18-16(21)12-6-7-22-10-12)8-14(19)23-9-11-4-2-1-3-5-11/h1-5,12-13H,6-10H2,(H2,17,20)(H,18,21)/t12-,13-/m0/s1. The minimum atomic E-state index is -1.08. The fourth-order valence-electron chi connectivity index (χ4n) is 2.22. The molecule has 0 aliphatic carbocycles. The number of carbonyl (C=O) groups excluding carboxylic acids is 3. The van der Waals surface area contributed by atoms with Crippen LogP contribution in [0.3, 0.4) is 0 Å². The number of benzene rings is 1. The molecule has 7 heteroatoms. The number of amides is 2. The lowest BCUT2D eigenvalue weighted by Gasteiger charge is -2.17. The number of esters is 1. The molecule has 2 amide bonds. The average molecular weight is 320 g/mol. The Morgan fingerprint density at radius 1 is 1.30 bits per heavy atom. The molecule has 1 heterocycles. The number of ether oxygens (including phenoxy) is 2. The van der Waals surface area contributed by atoms with Crippen LogP contribution in [0.4, 0.5) is 0 Å². The van der Waals surface area contributed by atoms with E-state index in [1.54, 1.807) is 0 Å². The van der Waals surface area contributed by atoms with E-state index in [1.807, 2.05) is 30.3 Å². The summed E-state index contributed by atoms with van der Waals surface area (Å²) in [4.78, 5) is 35.2. The van der Waals surface area contributed by atoms with Crippen molar-refractivity contribution in [3.8, 4) is 0 Å². The second-order valence-electron chi connectivity index (χ2n) is 5.37. The van der Waals surface area contributed by atoms with Crippen LogP contribution in [0.25, 0.3) is 0 Å². The predicted octanol–water partition coefficient (Wildman–Crippen LogP) is 0.126. The molecular weight excluding hydrogens is 300 g/mol. The predicted molar refractivity (Wildman–Crippen MR) is 80.9 cm³/mol. The molecule has 1 fully saturated rings. The lowest BCUT2D eigenvalue weighted by molar-refractivity contribution is -0.147. The monoisotopic (exact) mass is 320 g/mol. The van der Waals surface area contributed by atoms with Gasteiger partial charge in [-0.05, 0) is 12.0 Å². The number of carbonyl (C=O) groups is 3. The molecule has 1 saturated heterocycles. The maximum absolute atomic E-state index is 12.0. The largest absolute Gasteiger partial charge is 0.461 e. The van der Waals surface area contributed by atoms with Crippen LogP contribution in [0.1, 0.15) is 18.4 Å². The molecule has 2 rings (SSSR count). The summed E-state index contributed by atoms with van der Waals surface area (Å²) in [6.07, 6.45) is 0.303. The van der Waals surface area contributed by atoms with Crippen LogP contribution in [0.15, 0.2) is 30.3 Å². The summed E-state index contributed by atoms with van der Waals surface area (Å²) in [6.45, 7) is 0.934. The normalized spacial score (nSPS) is 18.2. The van der Waals surface area contributed by atoms with E-state index in [0.717, 1.165) is 5.56 Å². The lowest BCUT2D eigenvalue weighted by Crippen LogP contribution is -2.48. The maximum Gasteiger partial charge on any atom is 0.308 e. The van der Waals surface area contributed by atoms with Crippen molar-refractivity contribution in [1.29, 1.82) is 0 Å². The van der Waals surface area contributed by atoms with Crippen molar-refractivity contribution in [2.24, 2.45) is 11.7 Å². The van der Waals surface area contributed by atoms with Gasteiger partial charge in [0.2, 0.25) is 11.8 Å². The van der Waals surface area contributed by atoms with E-state index in [4.69, 9.17) is 15.2 Å².